The van der Waals surface area contributed by atoms with Crippen molar-refractivity contribution in [3.63, 3.8) is 0 Å². The summed E-state index contributed by atoms with van der Waals surface area (Å²) in [7, 11) is 0. The van der Waals surface area contributed by atoms with Gasteiger partial charge in [0.1, 0.15) is 6.04 Å². The second kappa shape index (κ2) is 12.3. The topological polar surface area (TPSA) is 56.4 Å². The number of nitrogens with one attached hydrogen (secondary N) is 3. The molecule has 3 N–H and O–H groups in total. The molecule has 0 spiro atoms. The van der Waals surface area contributed by atoms with Gasteiger partial charge >= 0.3 is 0 Å². The lowest BCUT2D eigenvalue weighted by Gasteiger charge is -2.31. The molecule has 0 aromatic heterocycles. The molecule has 1 fully saturated rings. The minimum Gasteiger partial charge on any atom is -0.381 e. The molecular formula is C24H38N4O. The van der Waals surface area contributed by atoms with Crippen molar-refractivity contribution in [3.8, 4) is 0 Å². The SMILES string of the molecule is C=C(C)N[C@@H]1CCN([C@@H](CCc2ccccc2)C(=O)NCCCNCCC)C1=C. The molecule has 2 rings (SSSR count). The second-order valence-electron chi connectivity index (χ2n) is 7.89. The maximum atomic E-state index is 13.1. The van der Waals surface area contributed by atoms with Gasteiger partial charge in [-0.2, -0.15) is 0 Å². The number of likely N-dealkylation sites (tertiary alicyclic amines) is 1. The van der Waals surface area contributed by atoms with Crippen LogP contribution in [0.5, 0.6) is 0 Å². The molecular weight excluding hydrogens is 360 g/mol. The number of hydrogen-bond acceptors (Lipinski definition) is 4. The van der Waals surface area contributed by atoms with Crippen molar-refractivity contribution in [3.05, 3.63) is 60.4 Å². The van der Waals surface area contributed by atoms with Crippen molar-refractivity contribution in [2.45, 2.75) is 58.0 Å². The molecule has 2 atom stereocenters. The molecule has 0 bridgehead atoms. The Kier molecular flexibility index (Phi) is 9.78. The van der Waals surface area contributed by atoms with Crippen LogP contribution in [-0.2, 0) is 11.2 Å². The molecule has 1 aromatic carbocycles. The van der Waals surface area contributed by atoms with Gasteiger partial charge in [-0.15, -0.1) is 0 Å². The highest BCUT2D eigenvalue weighted by Crippen LogP contribution is 2.26. The van der Waals surface area contributed by atoms with E-state index >= 15 is 0 Å². The first-order valence-corrected chi connectivity index (χ1v) is 10.9. The zero-order valence-electron chi connectivity index (χ0n) is 18.2. The van der Waals surface area contributed by atoms with Crippen LogP contribution in [0.25, 0.3) is 0 Å². The van der Waals surface area contributed by atoms with Crippen LogP contribution in [0.15, 0.2) is 54.9 Å². The highest BCUT2D eigenvalue weighted by Gasteiger charge is 2.34. The minimum atomic E-state index is -0.191. The van der Waals surface area contributed by atoms with Crippen molar-refractivity contribution in [1.29, 1.82) is 0 Å². The summed E-state index contributed by atoms with van der Waals surface area (Å²) >= 11 is 0. The van der Waals surface area contributed by atoms with Crippen LogP contribution in [0.4, 0.5) is 0 Å². The molecule has 1 heterocycles. The first-order chi connectivity index (χ1) is 14.0. The summed E-state index contributed by atoms with van der Waals surface area (Å²) in [6.45, 7) is 15.9. The Labute approximate surface area is 176 Å². The third-order valence-corrected chi connectivity index (χ3v) is 5.33. The molecule has 5 heteroatoms. The van der Waals surface area contributed by atoms with Gasteiger partial charge in [0.15, 0.2) is 0 Å². The van der Waals surface area contributed by atoms with Gasteiger partial charge in [-0.25, -0.2) is 0 Å². The van der Waals surface area contributed by atoms with Crippen molar-refractivity contribution in [2.24, 2.45) is 0 Å². The lowest BCUT2D eigenvalue weighted by Crippen LogP contribution is -2.46. The van der Waals surface area contributed by atoms with Gasteiger partial charge in [0.05, 0.1) is 6.04 Å². The smallest absolute Gasteiger partial charge is 0.242 e. The Morgan fingerprint density at radius 2 is 2.00 bits per heavy atom. The van der Waals surface area contributed by atoms with Crippen LogP contribution >= 0.6 is 0 Å². The quantitative estimate of drug-likeness (QED) is 0.447. The van der Waals surface area contributed by atoms with Crippen LogP contribution in [0, 0.1) is 0 Å². The van der Waals surface area contributed by atoms with Gasteiger partial charge < -0.3 is 20.9 Å². The van der Waals surface area contributed by atoms with E-state index in [0.29, 0.717) is 6.54 Å². The van der Waals surface area contributed by atoms with Crippen molar-refractivity contribution in [2.75, 3.05) is 26.2 Å². The molecule has 1 aliphatic rings. The predicted molar refractivity (Wildman–Crippen MR) is 122 cm³/mol. The first-order valence-electron chi connectivity index (χ1n) is 10.9. The molecule has 1 amide bonds. The average molecular weight is 399 g/mol. The van der Waals surface area contributed by atoms with Gasteiger partial charge in [-0.05, 0) is 57.7 Å². The molecule has 29 heavy (non-hydrogen) atoms. The van der Waals surface area contributed by atoms with Gasteiger partial charge in [0.25, 0.3) is 0 Å². The Bertz CT molecular complexity index is 658. The number of nitrogens with zero attached hydrogens (tertiary/aromatic N) is 1. The van der Waals surface area contributed by atoms with Gasteiger partial charge in [-0.3, -0.25) is 4.79 Å². The Morgan fingerprint density at radius 1 is 1.24 bits per heavy atom. The molecule has 0 saturated carbocycles. The average Bonchev–Trinajstić information content (AvgIpc) is 3.05. The monoisotopic (exact) mass is 398 g/mol. The minimum absolute atomic E-state index is 0.105. The summed E-state index contributed by atoms with van der Waals surface area (Å²) in [6.07, 6.45) is 4.67. The van der Waals surface area contributed by atoms with E-state index in [-0.39, 0.29) is 18.0 Å². The summed E-state index contributed by atoms with van der Waals surface area (Å²) in [5.41, 5.74) is 3.18. The maximum Gasteiger partial charge on any atom is 0.242 e. The fourth-order valence-corrected chi connectivity index (χ4v) is 3.81. The Morgan fingerprint density at radius 3 is 2.69 bits per heavy atom. The molecule has 0 aliphatic carbocycles. The van der Waals surface area contributed by atoms with E-state index in [1.165, 1.54) is 5.56 Å². The van der Waals surface area contributed by atoms with Crippen LogP contribution in [0.1, 0.15) is 45.1 Å². The standard InChI is InChI=1S/C24H38N4O/c1-5-15-25-16-9-17-26-24(29)23(13-12-21-10-7-6-8-11-21)28-18-14-22(20(28)4)27-19(2)3/h6-8,10-11,22-23,25,27H,2,4-5,9,12-18H2,1,3H3,(H,26,29)/t22-,23+/m1/s1. The van der Waals surface area contributed by atoms with E-state index in [2.05, 4.69) is 65.2 Å². The molecule has 1 aliphatic heterocycles. The zero-order chi connectivity index (χ0) is 21.1. The normalized spacial score (nSPS) is 17.2. The Balaban J connectivity index is 1.96. The van der Waals surface area contributed by atoms with Crippen LogP contribution in [-0.4, -0.2) is 49.1 Å². The van der Waals surface area contributed by atoms with E-state index in [9.17, 15) is 4.79 Å². The van der Waals surface area contributed by atoms with E-state index in [1.807, 2.05) is 13.0 Å². The van der Waals surface area contributed by atoms with E-state index in [4.69, 9.17) is 0 Å². The number of allylic oxidation sites excluding steroid dienone is 1. The summed E-state index contributed by atoms with van der Waals surface area (Å²) in [5, 5.41) is 9.91. The number of hydrogen-bond donors (Lipinski definition) is 3. The largest absolute Gasteiger partial charge is 0.381 e. The van der Waals surface area contributed by atoms with Crippen molar-refractivity contribution >= 4 is 5.91 Å². The molecule has 0 radical (unpaired) electrons. The highest BCUT2D eigenvalue weighted by molar-refractivity contribution is 5.82. The van der Waals surface area contributed by atoms with E-state index < -0.39 is 0 Å². The third-order valence-electron chi connectivity index (χ3n) is 5.33. The molecule has 5 nitrogen and oxygen atoms in total. The molecule has 1 aromatic rings. The van der Waals surface area contributed by atoms with Crippen LogP contribution < -0.4 is 16.0 Å². The van der Waals surface area contributed by atoms with Gasteiger partial charge in [0, 0.05) is 24.5 Å². The number of aryl methyl sites for hydroxylation is 1. The molecule has 0 unspecified atom stereocenters. The van der Waals surface area contributed by atoms with Crippen LogP contribution in [0.2, 0.25) is 0 Å². The third kappa shape index (κ3) is 7.58. The van der Waals surface area contributed by atoms with Gasteiger partial charge in [0.2, 0.25) is 5.91 Å². The zero-order valence-corrected chi connectivity index (χ0v) is 18.2. The lowest BCUT2D eigenvalue weighted by atomic mass is 10.0. The number of amides is 1. The number of carbonyl (C=O) groups is 1. The summed E-state index contributed by atoms with van der Waals surface area (Å²) in [6, 6.07) is 10.3. The number of rotatable bonds is 13. The molecule has 160 valence electrons. The fraction of sp³-hybridized carbons (Fsp3) is 0.542. The van der Waals surface area contributed by atoms with Gasteiger partial charge in [-0.1, -0.05) is 50.4 Å². The summed E-state index contributed by atoms with van der Waals surface area (Å²) < 4.78 is 0. The highest BCUT2D eigenvalue weighted by atomic mass is 16.2. The summed E-state index contributed by atoms with van der Waals surface area (Å²) in [5.74, 6) is 0.105. The molecule has 1 saturated heterocycles. The van der Waals surface area contributed by atoms with E-state index in [1.54, 1.807) is 0 Å². The van der Waals surface area contributed by atoms with Crippen LogP contribution in [0.3, 0.4) is 0 Å². The predicted octanol–water partition coefficient (Wildman–Crippen LogP) is 3.20. The lowest BCUT2D eigenvalue weighted by molar-refractivity contribution is -0.125. The van der Waals surface area contributed by atoms with E-state index in [0.717, 1.165) is 63.1 Å². The second-order valence-corrected chi connectivity index (χ2v) is 7.89. The first kappa shape index (κ1) is 23.0. The number of benzene rings is 1. The number of carbonyl (C=O) groups excluding carboxylic acids is 1. The van der Waals surface area contributed by atoms with Crippen molar-refractivity contribution in [1.82, 2.24) is 20.9 Å². The maximum absolute atomic E-state index is 13.1. The Hall–Kier alpha value is -2.27. The van der Waals surface area contributed by atoms with Crippen molar-refractivity contribution < 1.29 is 4.79 Å². The fourth-order valence-electron chi connectivity index (χ4n) is 3.81. The summed E-state index contributed by atoms with van der Waals surface area (Å²) in [4.78, 5) is 15.3.